The Hall–Kier alpha value is -4.48. The summed E-state index contributed by atoms with van der Waals surface area (Å²) in [6, 6.07) is 10.3. The fourth-order valence-corrected chi connectivity index (χ4v) is 3.20. The van der Waals surface area contributed by atoms with Gasteiger partial charge in [0.25, 0.3) is 5.69 Å². The lowest BCUT2D eigenvalue weighted by Gasteiger charge is -2.23. The van der Waals surface area contributed by atoms with Crippen molar-refractivity contribution in [2.45, 2.75) is 39.5 Å². The van der Waals surface area contributed by atoms with Gasteiger partial charge in [-0.1, -0.05) is 26.7 Å². The van der Waals surface area contributed by atoms with E-state index in [1.54, 1.807) is 18.2 Å². The van der Waals surface area contributed by atoms with E-state index in [0.29, 0.717) is 17.2 Å². The van der Waals surface area contributed by atoms with E-state index in [9.17, 15) is 20.3 Å². The highest BCUT2D eigenvalue weighted by atomic mass is 16.6. The molecule has 0 aliphatic heterocycles. The van der Waals surface area contributed by atoms with Gasteiger partial charge < -0.3 is 20.4 Å². The SMILES string of the molecule is CCCCN(CCCC)c1nc(N/N=C/c2ccc(O)c(O)c2)nc(Nc2ccc([N+](=O)[O-])cc2)n1. The number of hydrazone groups is 1. The number of non-ortho nitro benzene ring substituents is 1. The van der Waals surface area contributed by atoms with Crippen molar-refractivity contribution in [3.05, 3.63) is 58.1 Å². The quantitative estimate of drug-likeness (QED) is 0.112. The van der Waals surface area contributed by atoms with Gasteiger partial charge in [-0.2, -0.15) is 20.1 Å². The molecule has 1 aromatic heterocycles. The molecular formula is C24H30N8O4. The minimum Gasteiger partial charge on any atom is -0.504 e. The number of phenolic OH excluding ortho intramolecular Hbond substituents is 2. The third-order valence-electron chi connectivity index (χ3n) is 5.18. The Morgan fingerprint density at radius 3 is 2.25 bits per heavy atom. The first-order valence-corrected chi connectivity index (χ1v) is 11.7. The van der Waals surface area contributed by atoms with Crippen molar-refractivity contribution in [1.29, 1.82) is 0 Å². The third kappa shape index (κ3) is 7.52. The molecule has 0 spiro atoms. The zero-order valence-electron chi connectivity index (χ0n) is 20.3. The van der Waals surface area contributed by atoms with E-state index in [2.05, 4.69) is 49.5 Å². The topological polar surface area (TPSA) is 162 Å². The maximum absolute atomic E-state index is 10.9. The molecule has 0 radical (unpaired) electrons. The summed E-state index contributed by atoms with van der Waals surface area (Å²) < 4.78 is 0. The molecule has 0 atom stereocenters. The van der Waals surface area contributed by atoms with Crippen LogP contribution in [0.5, 0.6) is 11.5 Å². The van der Waals surface area contributed by atoms with Gasteiger partial charge in [-0.25, -0.2) is 5.43 Å². The number of benzene rings is 2. The standard InChI is InChI=1S/C24H30N8O4/c1-3-5-13-31(14-6-4-2)24-28-22(26-18-8-10-19(11-9-18)32(35)36)27-23(29-24)30-25-16-17-7-12-20(33)21(34)15-17/h7-12,15-16,33-34H,3-6,13-14H2,1-2H3,(H2,26,27,28,29,30)/b25-16+. The molecule has 2 aromatic carbocycles. The fourth-order valence-electron chi connectivity index (χ4n) is 3.20. The van der Waals surface area contributed by atoms with Crippen molar-refractivity contribution < 1.29 is 15.1 Å². The number of hydrogen-bond donors (Lipinski definition) is 4. The number of nitro groups is 1. The molecule has 0 aliphatic rings. The zero-order chi connectivity index (χ0) is 25.9. The van der Waals surface area contributed by atoms with E-state index in [1.807, 2.05) is 0 Å². The summed E-state index contributed by atoms with van der Waals surface area (Å²) in [5.41, 5.74) is 3.92. The number of aromatic hydroxyl groups is 2. The van der Waals surface area contributed by atoms with Gasteiger partial charge in [-0.15, -0.1) is 0 Å². The van der Waals surface area contributed by atoms with Gasteiger partial charge in [0.15, 0.2) is 11.5 Å². The largest absolute Gasteiger partial charge is 0.504 e. The molecule has 0 saturated heterocycles. The summed E-state index contributed by atoms with van der Waals surface area (Å²) in [5, 5.41) is 37.3. The van der Waals surface area contributed by atoms with Crippen molar-refractivity contribution in [1.82, 2.24) is 15.0 Å². The highest BCUT2D eigenvalue weighted by Gasteiger charge is 2.14. The predicted molar refractivity (Wildman–Crippen MR) is 139 cm³/mol. The van der Waals surface area contributed by atoms with Crippen LogP contribution in [0.15, 0.2) is 47.6 Å². The minimum atomic E-state index is -0.460. The average Bonchev–Trinajstić information content (AvgIpc) is 2.86. The first-order chi connectivity index (χ1) is 17.4. The van der Waals surface area contributed by atoms with Gasteiger partial charge in [0.05, 0.1) is 11.1 Å². The molecule has 190 valence electrons. The normalized spacial score (nSPS) is 10.9. The number of unbranched alkanes of at least 4 members (excludes halogenated alkanes) is 2. The lowest BCUT2D eigenvalue weighted by molar-refractivity contribution is -0.384. The van der Waals surface area contributed by atoms with Gasteiger partial charge in [0.2, 0.25) is 17.8 Å². The van der Waals surface area contributed by atoms with Crippen molar-refractivity contribution in [3.63, 3.8) is 0 Å². The number of nitrogens with zero attached hydrogens (tertiary/aromatic N) is 6. The Bertz CT molecular complexity index is 1180. The average molecular weight is 495 g/mol. The molecule has 1 heterocycles. The summed E-state index contributed by atoms with van der Waals surface area (Å²) >= 11 is 0. The van der Waals surface area contributed by atoms with Crippen molar-refractivity contribution in [2.24, 2.45) is 5.10 Å². The maximum atomic E-state index is 10.9. The number of nitrogens with one attached hydrogen (secondary N) is 2. The van der Waals surface area contributed by atoms with Crippen LogP contribution < -0.4 is 15.6 Å². The molecule has 0 bridgehead atoms. The van der Waals surface area contributed by atoms with Crippen LogP contribution in [-0.4, -0.2) is 49.4 Å². The van der Waals surface area contributed by atoms with Gasteiger partial charge in [0, 0.05) is 30.9 Å². The molecular weight excluding hydrogens is 464 g/mol. The van der Waals surface area contributed by atoms with Crippen LogP contribution in [0.3, 0.4) is 0 Å². The Kier molecular flexibility index (Phi) is 9.32. The number of aromatic nitrogens is 3. The number of hydrogen-bond acceptors (Lipinski definition) is 11. The second-order valence-corrected chi connectivity index (χ2v) is 8.02. The van der Waals surface area contributed by atoms with Crippen molar-refractivity contribution in [3.8, 4) is 11.5 Å². The molecule has 36 heavy (non-hydrogen) atoms. The molecule has 0 aliphatic carbocycles. The molecule has 12 nitrogen and oxygen atoms in total. The second-order valence-electron chi connectivity index (χ2n) is 8.02. The highest BCUT2D eigenvalue weighted by molar-refractivity contribution is 5.81. The van der Waals surface area contributed by atoms with E-state index in [1.165, 1.54) is 30.5 Å². The summed E-state index contributed by atoms with van der Waals surface area (Å²) in [4.78, 5) is 26.1. The number of nitro benzene ring substituents is 1. The molecule has 3 rings (SSSR count). The molecule has 4 N–H and O–H groups in total. The zero-order valence-corrected chi connectivity index (χ0v) is 20.3. The fraction of sp³-hybridized carbons (Fsp3) is 0.333. The maximum Gasteiger partial charge on any atom is 0.269 e. The molecule has 0 fully saturated rings. The minimum absolute atomic E-state index is 0.0147. The molecule has 0 saturated carbocycles. The Morgan fingerprint density at radius 1 is 0.972 bits per heavy atom. The predicted octanol–water partition coefficient (Wildman–Crippen LogP) is 4.79. The lowest BCUT2D eigenvalue weighted by Crippen LogP contribution is -2.28. The summed E-state index contributed by atoms with van der Waals surface area (Å²) in [6.45, 7) is 5.81. The van der Waals surface area contributed by atoms with E-state index in [4.69, 9.17) is 0 Å². The van der Waals surface area contributed by atoms with Crippen LogP contribution in [0.4, 0.5) is 29.2 Å². The second kappa shape index (κ2) is 12.8. The van der Waals surface area contributed by atoms with Gasteiger partial charge >= 0.3 is 0 Å². The Balaban J connectivity index is 1.88. The van der Waals surface area contributed by atoms with Crippen LogP contribution in [0.2, 0.25) is 0 Å². The molecule has 12 heteroatoms. The molecule has 0 unspecified atom stereocenters. The van der Waals surface area contributed by atoms with E-state index < -0.39 is 4.92 Å². The molecule has 3 aromatic rings. The highest BCUT2D eigenvalue weighted by Crippen LogP contribution is 2.24. The first-order valence-electron chi connectivity index (χ1n) is 11.7. The van der Waals surface area contributed by atoms with Crippen molar-refractivity contribution in [2.75, 3.05) is 28.7 Å². The van der Waals surface area contributed by atoms with Crippen LogP contribution in [-0.2, 0) is 0 Å². The number of phenols is 2. The smallest absolute Gasteiger partial charge is 0.269 e. The summed E-state index contributed by atoms with van der Waals surface area (Å²) in [6.07, 6.45) is 5.46. The Labute approximate surface area is 208 Å². The van der Waals surface area contributed by atoms with E-state index in [0.717, 1.165) is 38.8 Å². The van der Waals surface area contributed by atoms with Crippen molar-refractivity contribution >= 4 is 35.4 Å². The van der Waals surface area contributed by atoms with Crippen LogP contribution in [0.1, 0.15) is 45.1 Å². The van der Waals surface area contributed by atoms with Crippen LogP contribution in [0, 0.1) is 10.1 Å². The number of rotatable bonds is 13. The lowest BCUT2D eigenvalue weighted by atomic mass is 10.2. The first kappa shape index (κ1) is 26.1. The molecule has 0 amide bonds. The van der Waals surface area contributed by atoms with E-state index >= 15 is 0 Å². The van der Waals surface area contributed by atoms with Crippen LogP contribution >= 0.6 is 0 Å². The van der Waals surface area contributed by atoms with E-state index in [-0.39, 0.29) is 29.1 Å². The van der Waals surface area contributed by atoms with Gasteiger partial charge in [-0.05, 0) is 48.7 Å². The summed E-state index contributed by atoms with van der Waals surface area (Å²) in [5.74, 6) is 0.465. The number of anilines is 4. The van der Waals surface area contributed by atoms with Gasteiger partial charge in [-0.3, -0.25) is 10.1 Å². The van der Waals surface area contributed by atoms with Crippen LogP contribution in [0.25, 0.3) is 0 Å². The Morgan fingerprint density at radius 2 is 1.64 bits per heavy atom. The van der Waals surface area contributed by atoms with Gasteiger partial charge in [0.1, 0.15) is 0 Å². The monoisotopic (exact) mass is 494 g/mol. The summed E-state index contributed by atoms with van der Waals surface area (Å²) in [7, 11) is 0. The third-order valence-corrected chi connectivity index (χ3v) is 5.18.